The second-order valence-corrected chi connectivity index (χ2v) is 8.91. The molecule has 4 unspecified atom stereocenters. The molecule has 0 saturated carbocycles. The van der Waals surface area contributed by atoms with Crippen molar-refractivity contribution in [2.75, 3.05) is 19.1 Å². The summed E-state index contributed by atoms with van der Waals surface area (Å²) in [6, 6.07) is 20.9. The number of amides is 1. The maximum Gasteiger partial charge on any atom is 0.246 e. The number of rotatable bonds is 5. The van der Waals surface area contributed by atoms with E-state index < -0.39 is 0 Å². The number of hydrogen-bond acceptors (Lipinski definition) is 5. The molecule has 2 fully saturated rings. The normalized spacial score (nSPS) is 24.1. The summed E-state index contributed by atoms with van der Waals surface area (Å²) < 4.78 is 11.2. The van der Waals surface area contributed by atoms with E-state index in [1.54, 1.807) is 14.2 Å². The minimum absolute atomic E-state index is 0.00676. The first-order valence-electron chi connectivity index (χ1n) is 10.9. The number of methoxy groups -OCH3 is 2. The molecular formula is C26H26ClN3O3. The van der Waals surface area contributed by atoms with Crippen LogP contribution in [0.3, 0.4) is 0 Å². The summed E-state index contributed by atoms with van der Waals surface area (Å²) in [7, 11) is 3.27. The van der Waals surface area contributed by atoms with Crippen LogP contribution >= 0.6 is 11.6 Å². The van der Waals surface area contributed by atoms with Crippen molar-refractivity contribution in [3.63, 3.8) is 0 Å². The van der Waals surface area contributed by atoms with Crippen LogP contribution in [0, 0.1) is 12.8 Å². The topological polar surface area (TPSA) is 62.8 Å². The molecule has 2 aliphatic heterocycles. The Labute approximate surface area is 198 Å². The van der Waals surface area contributed by atoms with Gasteiger partial charge in [0, 0.05) is 28.3 Å². The first-order chi connectivity index (χ1) is 16.0. The molecule has 2 N–H and O–H groups in total. The van der Waals surface area contributed by atoms with Crippen molar-refractivity contribution in [3.8, 4) is 11.5 Å². The van der Waals surface area contributed by atoms with Gasteiger partial charge in [-0.15, -0.1) is 0 Å². The molecule has 33 heavy (non-hydrogen) atoms. The first kappa shape index (κ1) is 21.8. The quantitative estimate of drug-likeness (QED) is 0.579. The van der Waals surface area contributed by atoms with E-state index in [1.165, 1.54) is 5.56 Å². The number of hydrogen-bond donors (Lipinski definition) is 2. The van der Waals surface area contributed by atoms with E-state index in [1.807, 2.05) is 47.4 Å². The van der Waals surface area contributed by atoms with Gasteiger partial charge < -0.3 is 14.4 Å². The fourth-order valence-electron chi connectivity index (χ4n) is 4.99. The number of benzene rings is 3. The van der Waals surface area contributed by atoms with Crippen LogP contribution in [0.15, 0.2) is 66.7 Å². The lowest BCUT2D eigenvalue weighted by Gasteiger charge is -2.32. The summed E-state index contributed by atoms with van der Waals surface area (Å²) >= 11 is 6.14. The number of nitrogens with zero attached hydrogens (tertiary/aromatic N) is 1. The van der Waals surface area contributed by atoms with Gasteiger partial charge in [0.05, 0.1) is 26.3 Å². The molecule has 0 aliphatic carbocycles. The van der Waals surface area contributed by atoms with Gasteiger partial charge in [0.15, 0.2) is 0 Å². The van der Waals surface area contributed by atoms with Gasteiger partial charge in [0.25, 0.3) is 0 Å². The van der Waals surface area contributed by atoms with Crippen LogP contribution in [0.5, 0.6) is 11.5 Å². The molecule has 4 atom stereocenters. The highest BCUT2D eigenvalue weighted by molar-refractivity contribution is 6.30. The molecule has 2 heterocycles. The van der Waals surface area contributed by atoms with Gasteiger partial charge in [-0.25, -0.2) is 10.9 Å². The number of hydrazine groups is 1. The van der Waals surface area contributed by atoms with Crippen molar-refractivity contribution in [3.05, 3.63) is 88.4 Å². The molecule has 2 aliphatic rings. The molecule has 7 heteroatoms. The minimum atomic E-state index is -0.385. The Morgan fingerprint density at radius 2 is 1.58 bits per heavy atom. The molecule has 3 aromatic rings. The van der Waals surface area contributed by atoms with E-state index in [0.29, 0.717) is 16.5 Å². The Hall–Kier alpha value is -3.06. The highest BCUT2D eigenvalue weighted by Gasteiger charge is 2.56. The van der Waals surface area contributed by atoms with Crippen molar-refractivity contribution < 1.29 is 14.3 Å². The van der Waals surface area contributed by atoms with Crippen LogP contribution in [0.1, 0.15) is 28.8 Å². The summed E-state index contributed by atoms with van der Waals surface area (Å²) in [5, 5.41) is 0.626. The molecule has 0 bridgehead atoms. The van der Waals surface area contributed by atoms with Crippen molar-refractivity contribution in [2.45, 2.75) is 25.0 Å². The van der Waals surface area contributed by atoms with Crippen molar-refractivity contribution in [1.82, 2.24) is 10.9 Å². The monoisotopic (exact) mass is 463 g/mol. The Bertz CT molecular complexity index is 1170. The average molecular weight is 464 g/mol. The fraction of sp³-hybridized carbons (Fsp3) is 0.269. The van der Waals surface area contributed by atoms with Crippen LogP contribution in [-0.4, -0.2) is 26.2 Å². The van der Waals surface area contributed by atoms with Gasteiger partial charge in [0.2, 0.25) is 5.91 Å². The molecule has 5 rings (SSSR count). The predicted octanol–water partition coefficient (Wildman–Crippen LogP) is 4.59. The van der Waals surface area contributed by atoms with Crippen molar-refractivity contribution >= 4 is 23.2 Å². The zero-order valence-corrected chi connectivity index (χ0v) is 19.5. The van der Waals surface area contributed by atoms with Gasteiger partial charge in [-0.05, 0) is 48.9 Å². The number of anilines is 1. The van der Waals surface area contributed by atoms with E-state index in [-0.39, 0.29) is 30.0 Å². The number of carbonyl (C=O) groups excluding carboxylic acids is 1. The zero-order chi connectivity index (χ0) is 23.1. The molecule has 0 spiro atoms. The van der Waals surface area contributed by atoms with Crippen molar-refractivity contribution in [1.29, 1.82) is 0 Å². The molecular weight excluding hydrogens is 438 g/mol. The van der Waals surface area contributed by atoms with Crippen LogP contribution in [0.4, 0.5) is 5.69 Å². The molecule has 6 nitrogen and oxygen atoms in total. The predicted molar refractivity (Wildman–Crippen MR) is 129 cm³/mol. The second-order valence-electron chi connectivity index (χ2n) is 8.47. The molecule has 0 aromatic heterocycles. The van der Waals surface area contributed by atoms with Crippen LogP contribution in [0.2, 0.25) is 5.02 Å². The summed E-state index contributed by atoms with van der Waals surface area (Å²) in [6.07, 6.45) is 0. The lowest BCUT2D eigenvalue weighted by molar-refractivity contribution is -0.119. The van der Waals surface area contributed by atoms with E-state index in [0.717, 1.165) is 16.8 Å². The Morgan fingerprint density at radius 3 is 2.24 bits per heavy atom. The zero-order valence-electron chi connectivity index (χ0n) is 18.7. The van der Waals surface area contributed by atoms with Gasteiger partial charge >= 0.3 is 0 Å². The maximum absolute atomic E-state index is 13.7. The van der Waals surface area contributed by atoms with Gasteiger partial charge in [0.1, 0.15) is 17.5 Å². The lowest BCUT2D eigenvalue weighted by atomic mass is 9.83. The van der Waals surface area contributed by atoms with E-state index in [4.69, 9.17) is 21.1 Å². The highest BCUT2D eigenvalue weighted by atomic mass is 35.5. The van der Waals surface area contributed by atoms with Gasteiger partial charge in [-0.3, -0.25) is 4.79 Å². The Balaban J connectivity index is 1.66. The molecule has 2 saturated heterocycles. The first-order valence-corrected chi connectivity index (χ1v) is 11.3. The lowest BCUT2D eigenvalue weighted by Crippen LogP contribution is -2.41. The van der Waals surface area contributed by atoms with E-state index >= 15 is 0 Å². The largest absolute Gasteiger partial charge is 0.497 e. The minimum Gasteiger partial charge on any atom is -0.497 e. The molecule has 3 aromatic carbocycles. The number of nitrogens with one attached hydrogen (secondary N) is 2. The summed E-state index contributed by atoms with van der Waals surface area (Å²) in [5.74, 6) is 1.32. The van der Waals surface area contributed by atoms with Gasteiger partial charge in [-0.1, -0.05) is 41.4 Å². The van der Waals surface area contributed by atoms with Crippen molar-refractivity contribution in [2.24, 2.45) is 5.92 Å². The summed E-state index contributed by atoms with van der Waals surface area (Å²) in [5.41, 5.74) is 10.7. The third-order valence-electron chi connectivity index (χ3n) is 6.61. The summed E-state index contributed by atoms with van der Waals surface area (Å²) in [4.78, 5) is 15.6. The molecule has 170 valence electrons. The Kier molecular flexibility index (Phi) is 5.74. The smallest absolute Gasteiger partial charge is 0.246 e. The number of ether oxygens (including phenoxy) is 2. The number of carbonyl (C=O) groups is 1. The third kappa shape index (κ3) is 3.74. The van der Waals surface area contributed by atoms with Crippen LogP contribution in [-0.2, 0) is 4.79 Å². The second kappa shape index (κ2) is 8.71. The number of halogens is 1. The third-order valence-corrected chi connectivity index (χ3v) is 6.86. The van der Waals surface area contributed by atoms with Gasteiger partial charge in [-0.2, -0.15) is 0 Å². The molecule has 0 radical (unpaired) electrons. The van der Waals surface area contributed by atoms with Crippen LogP contribution in [0.25, 0.3) is 0 Å². The Morgan fingerprint density at radius 1 is 0.879 bits per heavy atom. The average Bonchev–Trinajstić information content (AvgIpc) is 3.39. The van der Waals surface area contributed by atoms with E-state index in [9.17, 15) is 4.79 Å². The van der Waals surface area contributed by atoms with Crippen LogP contribution < -0.4 is 25.2 Å². The number of fused-ring (bicyclic) bond motifs is 1. The fourth-order valence-corrected chi connectivity index (χ4v) is 5.12. The van der Waals surface area contributed by atoms with E-state index in [2.05, 4.69) is 42.0 Å². The number of aryl methyl sites for hydroxylation is 1. The SMILES string of the molecule is COc1ccc(C2C3C(NNC3c3ccc(C)cc3)C(=O)N2c2ccc(Cl)cc2)c(OC)c1. The molecule has 1 amide bonds. The highest BCUT2D eigenvalue weighted by Crippen LogP contribution is 2.51. The maximum atomic E-state index is 13.7. The standard InChI is InChI=1S/C26H26ClN3O3/c1-15-4-6-16(7-5-15)23-22-24(29-28-23)26(31)30(18-10-8-17(27)9-11-18)25(22)20-13-12-19(32-2)14-21(20)33-3/h4-14,22-25,28-29H,1-3H3. The summed E-state index contributed by atoms with van der Waals surface area (Å²) in [6.45, 7) is 2.07.